The molecule has 1 aromatic carbocycles. The molecule has 1 aromatic rings. The molecule has 3 rings (SSSR count). The Hall–Kier alpha value is -1.06. The van der Waals surface area contributed by atoms with Crippen LogP contribution < -0.4 is 4.74 Å². The lowest BCUT2D eigenvalue weighted by Crippen LogP contribution is -2.39. The first-order valence-electron chi connectivity index (χ1n) is 6.10. The molecule has 3 heteroatoms. The van der Waals surface area contributed by atoms with E-state index in [1.807, 2.05) is 0 Å². The van der Waals surface area contributed by atoms with Gasteiger partial charge < -0.3 is 14.6 Å². The molecule has 0 fully saturated rings. The van der Waals surface area contributed by atoms with Gasteiger partial charge in [-0.05, 0) is 38.0 Å². The smallest absolute Gasteiger partial charge is 0.159 e. The Labute approximate surface area is 101 Å². The van der Waals surface area contributed by atoms with Gasteiger partial charge in [0.2, 0.25) is 0 Å². The molecule has 0 aliphatic carbocycles. The van der Waals surface area contributed by atoms with Crippen LogP contribution in [0.5, 0.6) is 5.75 Å². The van der Waals surface area contributed by atoms with Gasteiger partial charge in [-0.25, -0.2) is 0 Å². The number of rotatable bonds is 0. The van der Waals surface area contributed by atoms with E-state index in [2.05, 4.69) is 32.9 Å². The van der Waals surface area contributed by atoms with Gasteiger partial charge in [-0.2, -0.15) is 0 Å². The summed E-state index contributed by atoms with van der Waals surface area (Å²) < 4.78 is 11.7. The molecule has 0 radical (unpaired) electrons. The van der Waals surface area contributed by atoms with E-state index in [0.29, 0.717) is 6.42 Å². The molecule has 2 aliphatic rings. The highest BCUT2D eigenvalue weighted by atomic mass is 16.6. The van der Waals surface area contributed by atoms with Gasteiger partial charge in [-0.3, -0.25) is 0 Å². The van der Waals surface area contributed by atoms with Crippen LogP contribution in [0.15, 0.2) is 12.1 Å². The molecule has 3 nitrogen and oxygen atoms in total. The molecule has 92 valence electrons. The first kappa shape index (κ1) is 11.1. The van der Waals surface area contributed by atoms with Gasteiger partial charge in [-0.15, -0.1) is 0 Å². The fraction of sp³-hybridized carbons (Fsp3) is 0.571. The van der Waals surface area contributed by atoms with Crippen LogP contribution in [0.1, 0.15) is 43.1 Å². The zero-order valence-corrected chi connectivity index (χ0v) is 10.5. The number of aryl methyl sites for hydroxylation is 1. The van der Waals surface area contributed by atoms with E-state index < -0.39 is 6.29 Å². The van der Waals surface area contributed by atoms with E-state index >= 15 is 0 Å². The summed E-state index contributed by atoms with van der Waals surface area (Å²) in [5.41, 5.74) is 3.24. The summed E-state index contributed by atoms with van der Waals surface area (Å²) in [4.78, 5) is 0. The SMILES string of the molecule is Cc1cc2c3c(c1)OC(C)(C)CC3OC(O)C2. The van der Waals surface area contributed by atoms with Gasteiger partial charge >= 0.3 is 0 Å². The molecule has 2 atom stereocenters. The molecular weight excluding hydrogens is 216 g/mol. The van der Waals surface area contributed by atoms with Crippen molar-refractivity contribution in [1.29, 1.82) is 0 Å². The van der Waals surface area contributed by atoms with Gasteiger partial charge in [-0.1, -0.05) is 6.07 Å². The van der Waals surface area contributed by atoms with Crippen molar-refractivity contribution in [2.24, 2.45) is 0 Å². The third-order valence-corrected chi connectivity index (χ3v) is 3.47. The Morgan fingerprint density at radius 3 is 2.88 bits per heavy atom. The van der Waals surface area contributed by atoms with E-state index in [4.69, 9.17) is 9.47 Å². The molecule has 0 saturated carbocycles. The first-order chi connectivity index (χ1) is 7.94. The van der Waals surface area contributed by atoms with Crippen molar-refractivity contribution in [3.05, 3.63) is 28.8 Å². The second-order valence-corrected chi connectivity index (χ2v) is 5.69. The second kappa shape index (κ2) is 3.47. The number of hydrogen-bond acceptors (Lipinski definition) is 3. The molecule has 2 aliphatic heterocycles. The highest BCUT2D eigenvalue weighted by Crippen LogP contribution is 2.46. The topological polar surface area (TPSA) is 38.7 Å². The fourth-order valence-corrected chi connectivity index (χ4v) is 2.89. The van der Waals surface area contributed by atoms with Crippen molar-refractivity contribution in [3.8, 4) is 5.75 Å². The van der Waals surface area contributed by atoms with E-state index in [1.165, 1.54) is 11.1 Å². The Balaban J connectivity index is 2.16. The lowest BCUT2D eigenvalue weighted by molar-refractivity contribution is -0.166. The summed E-state index contributed by atoms with van der Waals surface area (Å²) in [5.74, 6) is 0.924. The van der Waals surface area contributed by atoms with Crippen LogP contribution in [0.2, 0.25) is 0 Å². The molecule has 0 aromatic heterocycles. The van der Waals surface area contributed by atoms with E-state index in [1.54, 1.807) is 0 Å². The molecule has 0 amide bonds. The first-order valence-corrected chi connectivity index (χ1v) is 6.10. The third kappa shape index (κ3) is 1.83. The second-order valence-electron chi connectivity index (χ2n) is 5.69. The minimum atomic E-state index is -0.684. The summed E-state index contributed by atoms with van der Waals surface area (Å²) in [6.45, 7) is 6.17. The van der Waals surface area contributed by atoms with Crippen LogP contribution in [0.4, 0.5) is 0 Å². The number of aliphatic hydroxyl groups is 1. The van der Waals surface area contributed by atoms with Crippen LogP contribution in [0.3, 0.4) is 0 Å². The number of ether oxygens (including phenoxy) is 2. The van der Waals surface area contributed by atoms with Crippen molar-refractivity contribution in [2.75, 3.05) is 0 Å². The van der Waals surface area contributed by atoms with E-state index in [9.17, 15) is 5.11 Å². The summed E-state index contributed by atoms with van der Waals surface area (Å²) in [6.07, 6.45) is 0.626. The Bertz CT molecular complexity index is 465. The molecule has 1 N–H and O–H groups in total. The highest BCUT2D eigenvalue weighted by Gasteiger charge is 2.39. The molecular formula is C14H18O3. The predicted octanol–water partition coefficient (Wildman–Crippen LogP) is 2.49. The van der Waals surface area contributed by atoms with Crippen molar-refractivity contribution >= 4 is 0 Å². The highest BCUT2D eigenvalue weighted by molar-refractivity contribution is 5.48. The van der Waals surface area contributed by atoms with Gasteiger partial charge in [0.25, 0.3) is 0 Å². The zero-order valence-electron chi connectivity index (χ0n) is 10.5. The average molecular weight is 234 g/mol. The normalized spacial score (nSPS) is 29.4. The van der Waals surface area contributed by atoms with Crippen LogP contribution in [-0.2, 0) is 11.2 Å². The van der Waals surface area contributed by atoms with Gasteiger partial charge in [0.15, 0.2) is 6.29 Å². The maximum Gasteiger partial charge on any atom is 0.159 e. The molecule has 0 bridgehead atoms. The third-order valence-electron chi connectivity index (χ3n) is 3.47. The average Bonchev–Trinajstić information content (AvgIpc) is 2.12. The summed E-state index contributed by atoms with van der Waals surface area (Å²) >= 11 is 0. The minimum Gasteiger partial charge on any atom is -0.487 e. The zero-order chi connectivity index (χ0) is 12.2. The lowest BCUT2D eigenvalue weighted by atomic mass is 9.85. The van der Waals surface area contributed by atoms with Crippen LogP contribution >= 0.6 is 0 Å². The molecule has 2 heterocycles. The fourth-order valence-electron chi connectivity index (χ4n) is 2.89. The van der Waals surface area contributed by atoms with Crippen molar-refractivity contribution in [3.63, 3.8) is 0 Å². The standard InChI is InChI=1S/C14H18O3/c1-8-4-9-6-12(15)16-11-7-14(2,3)17-10(5-8)13(9)11/h4-5,11-12,15H,6-7H2,1-3H3. The Kier molecular flexibility index (Phi) is 2.25. The molecule has 2 unspecified atom stereocenters. The number of benzene rings is 1. The molecule has 0 saturated heterocycles. The lowest BCUT2D eigenvalue weighted by Gasteiger charge is -2.41. The largest absolute Gasteiger partial charge is 0.487 e. The van der Waals surface area contributed by atoms with Crippen LogP contribution in [-0.4, -0.2) is 17.0 Å². The van der Waals surface area contributed by atoms with Gasteiger partial charge in [0, 0.05) is 18.4 Å². The van der Waals surface area contributed by atoms with Crippen LogP contribution in [0.25, 0.3) is 0 Å². The Morgan fingerprint density at radius 1 is 1.35 bits per heavy atom. The van der Waals surface area contributed by atoms with Crippen LogP contribution in [0, 0.1) is 6.92 Å². The predicted molar refractivity (Wildman–Crippen MR) is 64.0 cm³/mol. The minimum absolute atomic E-state index is 0.0342. The van der Waals surface area contributed by atoms with Crippen molar-refractivity contribution in [1.82, 2.24) is 0 Å². The summed E-state index contributed by atoms with van der Waals surface area (Å²) in [5, 5.41) is 9.77. The molecule has 0 spiro atoms. The number of hydrogen-bond donors (Lipinski definition) is 1. The van der Waals surface area contributed by atoms with Gasteiger partial charge in [0.05, 0.1) is 6.10 Å². The van der Waals surface area contributed by atoms with Gasteiger partial charge in [0.1, 0.15) is 11.4 Å². The quantitative estimate of drug-likeness (QED) is 0.749. The summed E-state index contributed by atoms with van der Waals surface area (Å²) in [6, 6.07) is 4.19. The number of aliphatic hydroxyl groups excluding tert-OH is 1. The molecule has 17 heavy (non-hydrogen) atoms. The monoisotopic (exact) mass is 234 g/mol. The maximum absolute atomic E-state index is 9.77. The Morgan fingerprint density at radius 2 is 2.12 bits per heavy atom. The maximum atomic E-state index is 9.77. The van der Waals surface area contributed by atoms with E-state index in [0.717, 1.165) is 17.7 Å². The van der Waals surface area contributed by atoms with E-state index in [-0.39, 0.29) is 11.7 Å². The summed E-state index contributed by atoms with van der Waals surface area (Å²) in [7, 11) is 0. The van der Waals surface area contributed by atoms with Crippen molar-refractivity contribution < 1.29 is 14.6 Å². The van der Waals surface area contributed by atoms with Crippen molar-refractivity contribution in [2.45, 2.75) is 51.6 Å².